The van der Waals surface area contributed by atoms with Crippen molar-refractivity contribution in [2.75, 3.05) is 5.32 Å². The van der Waals surface area contributed by atoms with Crippen LogP contribution < -0.4 is 5.32 Å². The molecule has 6 heteroatoms. The van der Waals surface area contributed by atoms with Crippen molar-refractivity contribution in [3.8, 4) is 11.3 Å². The molecule has 2 atom stereocenters. The van der Waals surface area contributed by atoms with Crippen LogP contribution in [-0.4, -0.2) is 22.0 Å². The van der Waals surface area contributed by atoms with Crippen LogP contribution in [0.2, 0.25) is 0 Å². The molecule has 0 radical (unpaired) electrons. The van der Waals surface area contributed by atoms with Gasteiger partial charge in [0, 0.05) is 23.2 Å². The Bertz CT molecular complexity index is 762. The summed E-state index contributed by atoms with van der Waals surface area (Å²) in [6, 6.07) is 3.94. The monoisotopic (exact) mass is 349 g/mol. The molecule has 0 unspecified atom stereocenters. The number of hydrogen-bond donors (Lipinski definition) is 1. The summed E-state index contributed by atoms with van der Waals surface area (Å²) in [4.78, 5) is 0. The van der Waals surface area contributed by atoms with E-state index in [-0.39, 0.29) is 12.1 Å². The second-order valence-corrected chi connectivity index (χ2v) is 7.11. The average Bonchev–Trinajstić information content (AvgIpc) is 3.22. The largest absolute Gasteiger partial charge is 0.366 e. The number of alkyl halides is 1. The summed E-state index contributed by atoms with van der Waals surface area (Å²) >= 11 is 0. The van der Waals surface area contributed by atoms with Gasteiger partial charge in [-0.3, -0.25) is 4.68 Å². The third-order valence-corrected chi connectivity index (χ3v) is 5.10. The van der Waals surface area contributed by atoms with Gasteiger partial charge in [0.2, 0.25) is 0 Å². The maximum absolute atomic E-state index is 13.7. The van der Waals surface area contributed by atoms with E-state index >= 15 is 0 Å². The minimum Gasteiger partial charge on any atom is -0.366 e. The summed E-state index contributed by atoms with van der Waals surface area (Å²) in [6.07, 6.45) is 3.81. The fourth-order valence-electron chi connectivity index (χ4n) is 3.75. The zero-order valence-corrected chi connectivity index (χ0v) is 14.2. The lowest BCUT2D eigenvalue weighted by Crippen LogP contribution is -2.17. The molecule has 2 aliphatic carbocycles. The number of benzene rings is 1. The van der Waals surface area contributed by atoms with Crippen molar-refractivity contribution in [2.45, 2.75) is 63.7 Å². The van der Waals surface area contributed by atoms with E-state index in [9.17, 15) is 13.2 Å². The second kappa shape index (κ2) is 6.39. The highest BCUT2D eigenvalue weighted by Crippen LogP contribution is 2.42. The Hall–Kier alpha value is -1.98. The van der Waals surface area contributed by atoms with E-state index < -0.39 is 17.8 Å². The Morgan fingerprint density at radius 3 is 2.40 bits per heavy atom. The molecule has 1 heterocycles. The van der Waals surface area contributed by atoms with E-state index in [2.05, 4.69) is 5.32 Å². The van der Waals surface area contributed by atoms with E-state index in [1.165, 1.54) is 12.1 Å². The van der Waals surface area contributed by atoms with Gasteiger partial charge in [0.25, 0.3) is 0 Å². The molecule has 2 aliphatic rings. The molecule has 2 aromatic rings. The SMILES string of the molecule is CCc1c(N[C@H]2CC[C@@H](F)C2)nn(C2CC2)c1-c1cc(F)cc(F)c1. The van der Waals surface area contributed by atoms with Crippen molar-refractivity contribution in [1.82, 2.24) is 9.78 Å². The first-order chi connectivity index (χ1) is 12.0. The first-order valence-electron chi connectivity index (χ1n) is 9.03. The van der Waals surface area contributed by atoms with Gasteiger partial charge in [-0.25, -0.2) is 13.2 Å². The number of rotatable bonds is 5. The molecule has 2 fully saturated rings. The number of hydrogen-bond acceptors (Lipinski definition) is 2. The molecule has 134 valence electrons. The van der Waals surface area contributed by atoms with Crippen LogP contribution in [0.15, 0.2) is 18.2 Å². The zero-order chi connectivity index (χ0) is 17.6. The Kier molecular flexibility index (Phi) is 4.21. The van der Waals surface area contributed by atoms with Crippen LogP contribution in [0.5, 0.6) is 0 Å². The maximum atomic E-state index is 13.7. The summed E-state index contributed by atoms with van der Waals surface area (Å²) < 4.78 is 42.9. The molecule has 0 amide bonds. The number of aromatic nitrogens is 2. The van der Waals surface area contributed by atoms with E-state index in [1.807, 2.05) is 11.6 Å². The molecule has 2 saturated carbocycles. The topological polar surface area (TPSA) is 29.9 Å². The van der Waals surface area contributed by atoms with Crippen molar-refractivity contribution < 1.29 is 13.2 Å². The number of nitrogens with one attached hydrogen (secondary N) is 1. The number of halogens is 3. The summed E-state index contributed by atoms with van der Waals surface area (Å²) in [6.45, 7) is 2.01. The molecule has 0 bridgehead atoms. The molecule has 0 spiro atoms. The molecule has 1 aromatic carbocycles. The van der Waals surface area contributed by atoms with Gasteiger partial charge >= 0.3 is 0 Å². The first kappa shape index (κ1) is 16.5. The smallest absolute Gasteiger partial charge is 0.152 e. The number of anilines is 1. The molecule has 0 aliphatic heterocycles. The fourth-order valence-corrected chi connectivity index (χ4v) is 3.75. The highest BCUT2D eigenvalue weighted by molar-refractivity contribution is 5.70. The van der Waals surface area contributed by atoms with Gasteiger partial charge in [-0.15, -0.1) is 0 Å². The molecule has 1 N–H and O–H groups in total. The van der Waals surface area contributed by atoms with Crippen molar-refractivity contribution in [1.29, 1.82) is 0 Å². The van der Waals surface area contributed by atoms with Crippen LogP contribution in [0.1, 0.15) is 50.6 Å². The van der Waals surface area contributed by atoms with Gasteiger partial charge in [-0.1, -0.05) is 6.92 Å². The quantitative estimate of drug-likeness (QED) is 0.821. The lowest BCUT2D eigenvalue weighted by Gasteiger charge is -2.12. The van der Waals surface area contributed by atoms with Crippen LogP contribution in [0.25, 0.3) is 11.3 Å². The predicted molar refractivity (Wildman–Crippen MR) is 91.4 cm³/mol. The van der Waals surface area contributed by atoms with Crippen LogP contribution >= 0.6 is 0 Å². The van der Waals surface area contributed by atoms with Gasteiger partial charge in [-0.2, -0.15) is 5.10 Å². The van der Waals surface area contributed by atoms with Gasteiger partial charge in [0.15, 0.2) is 5.82 Å². The van der Waals surface area contributed by atoms with Gasteiger partial charge in [-0.05, 0) is 50.7 Å². The van der Waals surface area contributed by atoms with E-state index in [4.69, 9.17) is 5.10 Å². The fraction of sp³-hybridized carbons (Fsp3) is 0.526. The van der Waals surface area contributed by atoms with E-state index in [0.717, 1.165) is 42.4 Å². The summed E-state index contributed by atoms with van der Waals surface area (Å²) in [5.41, 5.74) is 2.23. The molecule has 1 aromatic heterocycles. The van der Waals surface area contributed by atoms with Gasteiger partial charge in [0.1, 0.15) is 17.8 Å². The molecular formula is C19H22F3N3. The maximum Gasteiger partial charge on any atom is 0.152 e. The lowest BCUT2D eigenvalue weighted by atomic mass is 10.0. The minimum atomic E-state index is -0.759. The second-order valence-electron chi connectivity index (χ2n) is 7.11. The molecule has 25 heavy (non-hydrogen) atoms. The van der Waals surface area contributed by atoms with E-state index in [0.29, 0.717) is 24.8 Å². The average molecular weight is 349 g/mol. The van der Waals surface area contributed by atoms with Crippen molar-refractivity contribution >= 4 is 5.82 Å². The molecule has 0 saturated heterocycles. The standard InChI is InChI=1S/C19H22F3N3/c1-2-17-18(11-7-13(21)9-14(22)8-11)25(16-5-6-16)24-19(17)23-15-4-3-12(20)10-15/h7-9,12,15-16H,2-6,10H2,1H3,(H,23,24)/t12-,15+/m1/s1. The summed E-state index contributed by atoms with van der Waals surface area (Å²) in [5.74, 6) is -0.453. The number of nitrogens with zero attached hydrogens (tertiary/aromatic N) is 2. The highest BCUT2D eigenvalue weighted by atomic mass is 19.1. The Morgan fingerprint density at radius 1 is 1.12 bits per heavy atom. The van der Waals surface area contributed by atoms with Crippen molar-refractivity contribution in [3.05, 3.63) is 35.4 Å². The zero-order valence-electron chi connectivity index (χ0n) is 14.2. The third-order valence-electron chi connectivity index (χ3n) is 5.10. The van der Waals surface area contributed by atoms with E-state index in [1.54, 1.807) is 0 Å². The minimum absolute atomic E-state index is 0.0694. The summed E-state index contributed by atoms with van der Waals surface area (Å²) in [5, 5.41) is 8.08. The molecular weight excluding hydrogens is 327 g/mol. The van der Waals surface area contributed by atoms with Crippen LogP contribution in [0.3, 0.4) is 0 Å². The van der Waals surface area contributed by atoms with Crippen LogP contribution in [0.4, 0.5) is 19.0 Å². The van der Waals surface area contributed by atoms with Gasteiger partial charge in [0.05, 0.1) is 11.7 Å². The van der Waals surface area contributed by atoms with Crippen molar-refractivity contribution in [3.63, 3.8) is 0 Å². The van der Waals surface area contributed by atoms with Crippen LogP contribution in [0, 0.1) is 11.6 Å². The summed E-state index contributed by atoms with van der Waals surface area (Å²) in [7, 11) is 0. The third kappa shape index (κ3) is 3.26. The first-order valence-corrected chi connectivity index (χ1v) is 9.03. The normalized spacial score (nSPS) is 23.2. The lowest BCUT2D eigenvalue weighted by molar-refractivity contribution is 0.341. The molecule has 3 nitrogen and oxygen atoms in total. The van der Waals surface area contributed by atoms with Crippen LogP contribution in [-0.2, 0) is 6.42 Å². The molecule has 4 rings (SSSR count). The predicted octanol–water partition coefficient (Wildman–Crippen LogP) is 5.03. The Labute approximate surface area is 145 Å². The Balaban J connectivity index is 1.76. The Morgan fingerprint density at radius 2 is 1.84 bits per heavy atom. The highest BCUT2D eigenvalue weighted by Gasteiger charge is 2.32. The van der Waals surface area contributed by atoms with Gasteiger partial charge < -0.3 is 5.32 Å². The van der Waals surface area contributed by atoms with Crippen molar-refractivity contribution in [2.24, 2.45) is 0 Å².